The molecule has 1 aromatic carbocycles. The fourth-order valence-corrected chi connectivity index (χ4v) is 4.86. The van der Waals surface area contributed by atoms with Gasteiger partial charge in [-0.15, -0.1) is 0 Å². The Kier molecular flexibility index (Phi) is 3.79. The summed E-state index contributed by atoms with van der Waals surface area (Å²) in [5.41, 5.74) is 6.13. The minimum Gasteiger partial charge on any atom is -0.398 e. The van der Waals surface area contributed by atoms with Crippen molar-refractivity contribution in [2.24, 2.45) is 5.41 Å². The molecule has 0 heterocycles. The summed E-state index contributed by atoms with van der Waals surface area (Å²) >= 11 is 6.51. The van der Waals surface area contributed by atoms with Crippen LogP contribution >= 0.6 is 31.9 Å². The topological polar surface area (TPSA) is 72.2 Å². The molecule has 1 aromatic rings. The van der Waals surface area contributed by atoms with Crippen LogP contribution in [0.15, 0.2) is 26.0 Å². The highest BCUT2D eigenvalue weighted by molar-refractivity contribution is 9.11. The Balaban J connectivity index is 2.29. The van der Waals surface area contributed by atoms with Crippen molar-refractivity contribution in [1.29, 1.82) is 0 Å². The Labute approximate surface area is 124 Å². The molecule has 0 aromatic heterocycles. The van der Waals surface area contributed by atoms with Crippen LogP contribution in [0.25, 0.3) is 0 Å². The van der Waals surface area contributed by atoms with E-state index >= 15 is 0 Å². The molecular formula is C11H14Br2N2O2S. The first-order valence-electron chi connectivity index (χ1n) is 5.48. The zero-order valence-electron chi connectivity index (χ0n) is 9.83. The van der Waals surface area contributed by atoms with Crippen LogP contribution in [0.1, 0.15) is 19.8 Å². The highest BCUT2D eigenvalue weighted by atomic mass is 79.9. The molecule has 3 N–H and O–H groups in total. The third-order valence-corrected chi connectivity index (χ3v) is 5.96. The van der Waals surface area contributed by atoms with Crippen LogP contribution in [0.2, 0.25) is 0 Å². The Morgan fingerprint density at radius 2 is 2.00 bits per heavy atom. The molecule has 100 valence electrons. The molecule has 1 saturated carbocycles. The van der Waals surface area contributed by atoms with E-state index in [1.807, 2.05) is 0 Å². The van der Waals surface area contributed by atoms with Crippen molar-refractivity contribution < 1.29 is 8.42 Å². The predicted molar refractivity (Wildman–Crippen MR) is 78.8 cm³/mol. The van der Waals surface area contributed by atoms with E-state index in [4.69, 9.17) is 5.73 Å². The monoisotopic (exact) mass is 396 g/mol. The highest BCUT2D eigenvalue weighted by Gasteiger charge is 2.38. The second-order valence-electron chi connectivity index (χ2n) is 4.94. The van der Waals surface area contributed by atoms with E-state index in [-0.39, 0.29) is 16.0 Å². The van der Waals surface area contributed by atoms with Crippen LogP contribution in [0.4, 0.5) is 5.69 Å². The molecule has 0 spiro atoms. The van der Waals surface area contributed by atoms with Crippen molar-refractivity contribution in [3.05, 3.63) is 21.1 Å². The maximum Gasteiger partial charge on any atom is 0.243 e. The Morgan fingerprint density at radius 3 is 2.50 bits per heavy atom. The first kappa shape index (κ1) is 14.3. The van der Waals surface area contributed by atoms with E-state index < -0.39 is 10.0 Å². The summed E-state index contributed by atoms with van der Waals surface area (Å²) in [4.78, 5) is 0.106. The average Bonchev–Trinajstić information content (AvgIpc) is 2.92. The maximum absolute atomic E-state index is 12.2. The number of halogens is 2. The quantitative estimate of drug-likeness (QED) is 0.767. The molecule has 2 rings (SSSR count). The number of rotatable bonds is 4. The van der Waals surface area contributed by atoms with Gasteiger partial charge in [0, 0.05) is 15.5 Å². The number of sulfonamides is 1. The molecule has 0 unspecified atom stereocenters. The summed E-state index contributed by atoms with van der Waals surface area (Å²) in [6, 6.07) is 3.25. The molecule has 0 aliphatic heterocycles. The smallest absolute Gasteiger partial charge is 0.243 e. The highest BCUT2D eigenvalue weighted by Crippen LogP contribution is 2.44. The molecule has 0 radical (unpaired) electrons. The summed E-state index contributed by atoms with van der Waals surface area (Å²) in [5, 5.41) is 0. The molecule has 0 amide bonds. The van der Waals surface area contributed by atoms with E-state index in [0.29, 0.717) is 11.0 Å². The number of hydrogen-bond donors (Lipinski definition) is 2. The van der Waals surface area contributed by atoms with Crippen molar-refractivity contribution in [2.75, 3.05) is 12.3 Å². The van der Waals surface area contributed by atoms with Crippen molar-refractivity contribution >= 4 is 47.6 Å². The van der Waals surface area contributed by atoms with E-state index in [1.54, 1.807) is 12.1 Å². The summed E-state index contributed by atoms with van der Waals surface area (Å²) in [5.74, 6) is 0. The van der Waals surface area contributed by atoms with Crippen molar-refractivity contribution in [3.63, 3.8) is 0 Å². The third kappa shape index (κ3) is 3.07. The largest absolute Gasteiger partial charge is 0.398 e. The standard InChI is InChI=1S/C11H14Br2N2O2S/c1-11(2-3-11)6-15-18(16,17)10-8(13)4-7(12)5-9(10)14/h4-5,15H,2-3,6,14H2,1H3. The predicted octanol–water partition coefficient (Wildman–Crippen LogP) is 2.87. The number of benzene rings is 1. The lowest BCUT2D eigenvalue weighted by atomic mass is 10.2. The Bertz CT molecular complexity index is 560. The van der Waals surface area contributed by atoms with Gasteiger partial charge in [0.2, 0.25) is 10.0 Å². The van der Waals surface area contributed by atoms with Gasteiger partial charge in [-0.1, -0.05) is 22.9 Å². The van der Waals surface area contributed by atoms with Crippen LogP contribution in [-0.4, -0.2) is 15.0 Å². The average molecular weight is 398 g/mol. The van der Waals surface area contributed by atoms with E-state index in [1.165, 1.54) is 0 Å². The van der Waals surface area contributed by atoms with Gasteiger partial charge in [-0.2, -0.15) is 0 Å². The van der Waals surface area contributed by atoms with Gasteiger partial charge >= 0.3 is 0 Å². The fourth-order valence-electron chi connectivity index (χ4n) is 1.60. The van der Waals surface area contributed by atoms with Gasteiger partial charge in [0.15, 0.2) is 0 Å². The van der Waals surface area contributed by atoms with E-state index in [9.17, 15) is 8.42 Å². The summed E-state index contributed by atoms with van der Waals surface area (Å²) in [6.07, 6.45) is 2.12. The van der Waals surface area contributed by atoms with Crippen molar-refractivity contribution in [1.82, 2.24) is 4.72 Å². The molecule has 0 bridgehead atoms. The zero-order chi connectivity index (χ0) is 13.6. The van der Waals surface area contributed by atoms with Gasteiger partial charge in [-0.25, -0.2) is 13.1 Å². The summed E-state index contributed by atoms with van der Waals surface area (Å²) in [6.45, 7) is 2.52. The molecule has 4 nitrogen and oxygen atoms in total. The van der Waals surface area contributed by atoms with Crippen molar-refractivity contribution in [2.45, 2.75) is 24.7 Å². The van der Waals surface area contributed by atoms with Gasteiger partial charge in [0.1, 0.15) is 4.90 Å². The van der Waals surface area contributed by atoms with E-state index in [2.05, 4.69) is 43.5 Å². The first-order valence-corrected chi connectivity index (χ1v) is 8.55. The fraction of sp³-hybridized carbons (Fsp3) is 0.455. The zero-order valence-corrected chi connectivity index (χ0v) is 13.8. The molecule has 7 heteroatoms. The Hall–Kier alpha value is -0.110. The van der Waals surface area contributed by atoms with Crippen molar-refractivity contribution in [3.8, 4) is 0 Å². The first-order chi connectivity index (χ1) is 8.23. The number of nitrogens with two attached hydrogens (primary N) is 1. The van der Waals surface area contributed by atoms with Crippen LogP contribution in [-0.2, 0) is 10.0 Å². The van der Waals surface area contributed by atoms with Gasteiger partial charge < -0.3 is 5.73 Å². The van der Waals surface area contributed by atoms with Gasteiger partial charge in [-0.05, 0) is 46.3 Å². The van der Waals surface area contributed by atoms with Crippen LogP contribution in [0, 0.1) is 5.41 Å². The third-order valence-electron chi connectivity index (χ3n) is 3.10. The van der Waals surface area contributed by atoms with Gasteiger partial charge in [0.05, 0.1) is 5.69 Å². The normalized spacial score (nSPS) is 17.7. The molecule has 18 heavy (non-hydrogen) atoms. The number of hydrogen-bond acceptors (Lipinski definition) is 3. The lowest BCUT2D eigenvalue weighted by Crippen LogP contribution is -2.30. The minimum absolute atomic E-state index is 0.106. The second kappa shape index (κ2) is 4.77. The molecule has 1 aliphatic rings. The molecular weight excluding hydrogens is 384 g/mol. The van der Waals surface area contributed by atoms with E-state index in [0.717, 1.165) is 17.3 Å². The van der Waals surface area contributed by atoms with Crippen LogP contribution in [0.5, 0.6) is 0 Å². The van der Waals surface area contributed by atoms with Gasteiger partial charge in [0.25, 0.3) is 0 Å². The summed E-state index contributed by atoms with van der Waals surface area (Å²) in [7, 11) is -3.57. The minimum atomic E-state index is -3.57. The summed E-state index contributed by atoms with van der Waals surface area (Å²) < 4.78 is 28.3. The Morgan fingerprint density at radius 1 is 1.39 bits per heavy atom. The molecule has 0 saturated heterocycles. The molecule has 1 fully saturated rings. The molecule has 1 aliphatic carbocycles. The maximum atomic E-state index is 12.2. The lowest BCUT2D eigenvalue weighted by Gasteiger charge is -2.14. The number of nitrogens with one attached hydrogen (secondary N) is 1. The second-order valence-corrected chi connectivity index (χ2v) is 8.41. The SMILES string of the molecule is CC1(CNS(=O)(=O)c2c(N)cc(Br)cc2Br)CC1. The van der Waals surface area contributed by atoms with Crippen LogP contribution in [0.3, 0.4) is 0 Å². The van der Waals surface area contributed by atoms with Crippen LogP contribution < -0.4 is 10.5 Å². The number of nitrogen functional groups attached to an aromatic ring is 1. The molecule has 0 atom stereocenters. The van der Waals surface area contributed by atoms with Gasteiger partial charge in [-0.3, -0.25) is 0 Å². The lowest BCUT2D eigenvalue weighted by molar-refractivity contribution is 0.530. The number of anilines is 1.